The third-order valence-electron chi connectivity index (χ3n) is 3.54. The number of carbonyl (C=O) groups is 2. The lowest BCUT2D eigenvalue weighted by Gasteiger charge is -2.07. The molecule has 1 fully saturated rings. The van der Waals surface area contributed by atoms with Gasteiger partial charge in [-0.25, -0.2) is 4.79 Å². The number of benzene rings is 1. The molecule has 22 heavy (non-hydrogen) atoms. The molecule has 1 aromatic heterocycles. The molecule has 0 saturated heterocycles. The van der Waals surface area contributed by atoms with Gasteiger partial charge in [0, 0.05) is 11.6 Å². The highest BCUT2D eigenvalue weighted by molar-refractivity contribution is 5.97. The summed E-state index contributed by atoms with van der Waals surface area (Å²) in [7, 11) is 1.31. The molecule has 0 radical (unpaired) electrons. The smallest absolute Gasteiger partial charge is 0.337 e. The highest BCUT2D eigenvalue weighted by atomic mass is 16.5. The maximum Gasteiger partial charge on any atom is 0.337 e. The second-order valence-electron chi connectivity index (χ2n) is 5.14. The van der Waals surface area contributed by atoms with Crippen molar-refractivity contribution in [1.82, 2.24) is 20.1 Å². The van der Waals surface area contributed by atoms with Gasteiger partial charge in [0.15, 0.2) is 5.82 Å². The van der Waals surface area contributed by atoms with Crippen molar-refractivity contribution in [3.8, 4) is 0 Å². The van der Waals surface area contributed by atoms with Crippen molar-refractivity contribution in [1.29, 1.82) is 0 Å². The van der Waals surface area contributed by atoms with Gasteiger partial charge in [0.25, 0.3) is 5.91 Å². The Morgan fingerprint density at radius 1 is 1.36 bits per heavy atom. The van der Waals surface area contributed by atoms with E-state index in [1.807, 2.05) is 4.57 Å². The summed E-state index contributed by atoms with van der Waals surface area (Å²) in [6.07, 6.45) is 3.94. The third-order valence-corrected chi connectivity index (χ3v) is 3.54. The molecule has 0 bridgehead atoms. The topological polar surface area (TPSA) is 86.1 Å². The van der Waals surface area contributed by atoms with E-state index in [1.165, 1.54) is 13.2 Å². The minimum atomic E-state index is -0.469. The Morgan fingerprint density at radius 3 is 2.86 bits per heavy atom. The summed E-state index contributed by atoms with van der Waals surface area (Å²) in [5.74, 6) is -0.000742. The number of methoxy groups -OCH3 is 1. The molecule has 1 amide bonds. The van der Waals surface area contributed by atoms with E-state index in [4.69, 9.17) is 0 Å². The van der Waals surface area contributed by atoms with Crippen LogP contribution < -0.4 is 5.32 Å². The molecule has 0 spiro atoms. The molecule has 0 unspecified atom stereocenters. The second kappa shape index (κ2) is 5.97. The highest BCUT2D eigenvalue weighted by Crippen LogP contribution is 2.35. The van der Waals surface area contributed by atoms with Gasteiger partial charge in [-0.3, -0.25) is 4.79 Å². The van der Waals surface area contributed by atoms with Crippen LogP contribution in [0, 0.1) is 0 Å². The van der Waals surface area contributed by atoms with E-state index in [-0.39, 0.29) is 5.91 Å². The minimum Gasteiger partial charge on any atom is -0.465 e. The zero-order valence-corrected chi connectivity index (χ0v) is 12.2. The monoisotopic (exact) mass is 300 g/mol. The Bertz CT molecular complexity index is 706. The zero-order chi connectivity index (χ0) is 15.5. The van der Waals surface area contributed by atoms with Gasteiger partial charge >= 0.3 is 5.97 Å². The van der Waals surface area contributed by atoms with Crippen LogP contribution in [0.4, 0.5) is 0 Å². The van der Waals surface area contributed by atoms with Crippen molar-refractivity contribution >= 4 is 11.9 Å². The molecular weight excluding hydrogens is 284 g/mol. The number of aromatic nitrogens is 3. The normalized spacial score (nSPS) is 13.7. The van der Waals surface area contributed by atoms with Crippen LogP contribution in [-0.4, -0.2) is 33.8 Å². The summed E-state index contributed by atoms with van der Waals surface area (Å²) in [5, 5.41) is 10.7. The van der Waals surface area contributed by atoms with E-state index < -0.39 is 5.97 Å². The number of nitrogens with zero attached hydrogens (tertiary/aromatic N) is 3. The number of hydrogen-bond acceptors (Lipinski definition) is 5. The SMILES string of the molecule is COC(=O)c1cccc(C(=O)NCc2nncn2C2CC2)c1. The lowest BCUT2D eigenvalue weighted by Crippen LogP contribution is -2.25. The predicted molar refractivity (Wildman–Crippen MR) is 77.2 cm³/mol. The van der Waals surface area contributed by atoms with E-state index >= 15 is 0 Å². The first-order valence-electron chi connectivity index (χ1n) is 7.04. The van der Waals surface area contributed by atoms with Gasteiger partial charge in [-0.05, 0) is 31.0 Å². The molecule has 3 rings (SSSR count). The first-order chi connectivity index (χ1) is 10.7. The van der Waals surface area contributed by atoms with E-state index in [1.54, 1.807) is 24.5 Å². The predicted octanol–water partition coefficient (Wildman–Crippen LogP) is 1.33. The molecule has 7 nitrogen and oxygen atoms in total. The molecule has 114 valence electrons. The molecule has 2 aromatic rings. The highest BCUT2D eigenvalue weighted by Gasteiger charge is 2.26. The van der Waals surface area contributed by atoms with E-state index in [2.05, 4.69) is 20.3 Å². The summed E-state index contributed by atoms with van der Waals surface area (Å²) >= 11 is 0. The standard InChI is InChI=1S/C15H16N4O3/c1-22-15(21)11-4-2-3-10(7-11)14(20)16-8-13-18-17-9-19(13)12-5-6-12/h2-4,7,9,12H,5-6,8H2,1H3,(H,16,20). The number of amides is 1. The Labute approximate surface area is 127 Å². The summed E-state index contributed by atoms with van der Waals surface area (Å²) in [6.45, 7) is 0.303. The van der Waals surface area contributed by atoms with Crippen molar-refractivity contribution in [2.24, 2.45) is 0 Å². The molecule has 1 aliphatic carbocycles. The number of esters is 1. The Kier molecular flexibility index (Phi) is 3.86. The van der Waals surface area contributed by atoms with Crippen LogP contribution >= 0.6 is 0 Å². The first-order valence-corrected chi connectivity index (χ1v) is 7.04. The van der Waals surface area contributed by atoms with Crippen LogP contribution in [0.1, 0.15) is 45.4 Å². The van der Waals surface area contributed by atoms with Gasteiger partial charge in [0.05, 0.1) is 19.2 Å². The zero-order valence-electron chi connectivity index (χ0n) is 12.2. The average Bonchev–Trinajstić information content (AvgIpc) is 3.30. The van der Waals surface area contributed by atoms with Gasteiger partial charge in [-0.1, -0.05) is 6.07 Å². The number of nitrogens with one attached hydrogen (secondary N) is 1. The Morgan fingerprint density at radius 2 is 2.14 bits per heavy atom. The minimum absolute atomic E-state index is 0.267. The molecule has 0 aliphatic heterocycles. The molecule has 0 atom stereocenters. The molecular formula is C15H16N4O3. The molecule has 1 aromatic carbocycles. The quantitative estimate of drug-likeness (QED) is 0.842. The fourth-order valence-electron chi connectivity index (χ4n) is 2.22. The largest absolute Gasteiger partial charge is 0.465 e. The number of hydrogen-bond donors (Lipinski definition) is 1. The van der Waals surface area contributed by atoms with E-state index in [9.17, 15) is 9.59 Å². The van der Waals surface area contributed by atoms with Gasteiger partial charge in [0.1, 0.15) is 6.33 Å². The lowest BCUT2D eigenvalue weighted by molar-refractivity contribution is 0.0600. The average molecular weight is 300 g/mol. The molecule has 1 heterocycles. The van der Waals surface area contributed by atoms with Gasteiger partial charge < -0.3 is 14.6 Å². The number of ether oxygens (including phenoxy) is 1. The third kappa shape index (κ3) is 2.98. The van der Waals surface area contributed by atoms with Crippen LogP contribution in [0.25, 0.3) is 0 Å². The van der Waals surface area contributed by atoms with Crippen molar-refractivity contribution in [2.45, 2.75) is 25.4 Å². The Hall–Kier alpha value is -2.70. The summed E-state index contributed by atoms with van der Waals surface area (Å²) in [4.78, 5) is 23.7. The summed E-state index contributed by atoms with van der Waals surface area (Å²) in [5.41, 5.74) is 0.747. The lowest BCUT2D eigenvalue weighted by atomic mass is 10.1. The van der Waals surface area contributed by atoms with Crippen molar-refractivity contribution in [2.75, 3.05) is 7.11 Å². The summed E-state index contributed by atoms with van der Waals surface area (Å²) < 4.78 is 6.64. The van der Waals surface area contributed by atoms with Crippen molar-refractivity contribution in [3.63, 3.8) is 0 Å². The van der Waals surface area contributed by atoms with Crippen LogP contribution in [0.15, 0.2) is 30.6 Å². The Balaban J connectivity index is 1.66. The molecule has 1 saturated carbocycles. The fourth-order valence-corrected chi connectivity index (χ4v) is 2.22. The van der Waals surface area contributed by atoms with Crippen molar-refractivity contribution in [3.05, 3.63) is 47.5 Å². The van der Waals surface area contributed by atoms with Crippen LogP contribution in [0.3, 0.4) is 0 Å². The van der Waals surface area contributed by atoms with E-state index in [0.717, 1.165) is 18.7 Å². The maximum atomic E-state index is 12.2. The van der Waals surface area contributed by atoms with Crippen LogP contribution in [0.5, 0.6) is 0 Å². The number of carbonyl (C=O) groups excluding carboxylic acids is 2. The first kappa shape index (κ1) is 14.2. The van der Waals surface area contributed by atoms with Gasteiger partial charge in [0.2, 0.25) is 0 Å². The number of rotatable bonds is 5. The molecule has 7 heteroatoms. The van der Waals surface area contributed by atoms with Crippen LogP contribution in [0.2, 0.25) is 0 Å². The van der Waals surface area contributed by atoms with Gasteiger partial charge in [-0.15, -0.1) is 10.2 Å². The summed E-state index contributed by atoms with van der Waals surface area (Å²) in [6, 6.07) is 6.87. The molecule has 1 N–H and O–H groups in total. The van der Waals surface area contributed by atoms with Gasteiger partial charge in [-0.2, -0.15) is 0 Å². The fraction of sp³-hybridized carbons (Fsp3) is 0.333. The van der Waals surface area contributed by atoms with Crippen LogP contribution in [-0.2, 0) is 11.3 Å². The maximum absolute atomic E-state index is 12.2. The molecule has 1 aliphatic rings. The van der Waals surface area contributed by atoms with E-state index in [0.29, 0.717) is 23.7 Å². The van der Waals surface area contributed by atoms with Crippen molar-refractivity contribution < 1.29 is 14.3 Å². The second-order valence-corrected chi connectivity index (χ2v) is 5.14.